The van der Waals surface area contributed by atoms with Gasteiger partial charge < -0.3 is 4.98 Å². The summed E-state index contributed by atoms with van der Waals surface area (Å²) in [5, 5.41) is 0. The van der Waals surface area contributed by atoms with E-state index >= 15 is 0 Å². The second kappa shape index (κ2) is 4.97. The highest BCUT2D eigenvalue weighted by atomic mass is 32.1. The van der Waals surface area contributed by atoms with Crippen LogP contribution in [0.5, 0.6) is 0 Å². The van der Waals surface area contributed by atoms with Crippen molar-refractivity contribution >= 4 is 12.2 Å². The van der Waals surface area contributed by atoms with Gasteiger partial charge in [0, 0.05) is 5.56 Å². The van der Waals surface area contributed by atoms with Crippen LogP contribution in [0.1, 0.15) is 17.0 Å². The lowest BCUT2D eigenvalue weighted by molar-refractivity contribution is -0.139. The highest BCUT2D eigenvalue weighted by Crippen LogP contribution is 2.34. The molecule has 0 aliphatic carbocycles. The first-order chi connectivity index (χ1) is 9.20. The second-order valence-corrected chi connectivity index (χ2v) is 4.71. The molecular weight excluding hydrogens is 292 g/mol. The molecule has 2 nitrogen and oxygen atoms in total. The van der Waals surface area contributed by atoms with E-state index in [-0.39, 0.29) is 5.56 Å². The van der Waals surface area contributed by atoms with Crippen molar-refractivity contribution in [3.63, 3.8) is 0 Å². The topological polar surface area (TPSA) is 28.7 Å². The molecule has 1 aromatic heterocycles. The summed E-state index contributed by atoms with van der Waals surface area (Å²) in [4.78, 5) is 6.87. The zero-order valence-electron chi connectivity index (χ0n) is 10.6. The van der Waals surface area contributed by atoms with Crippen LogP contribution in [0.25, 0.3) is 11.3 Å². The van der Waals surface area contributed by atoms with Crippen molar-refractivity contribution in [1.82, 2.24) is 9.97 Å². The van der Waals surface area contributed by atoms with E-state index in [2.05, 4.69) is 9.97 Å². The molecule has 0 saturated heterocycles. The van der Waals surface area contributed by atoms with Crippen molar-refractivity contribution < 1.29 is 17.6 Å². The lowest BCUT2D eigenvalue weighted by atomic mass is 10.0. The zero-order valence-corrected chi connectivity index (χ0v) is 11.4. The fraction of sp³-hybridized carbons (Fsp3) is 0.231. The average Bonchev–Trinajstić information content (AvgIpc) is 2.33. The van der Waals surface area contributed by atoms with Gasteiger partial charge in [0.05, 0.1) is 11.3 Å². The van der Waals surface area contributed by atoms with Crippen LogP contribution >= 0.6 is 12.2 Å². The van der Waals surface area contributed by atoms with Gasteiger partial charge in [0.15, 0.2) is 0 Å². The molecule has 0 spiro atoms. The van der Waals surface area contributed by atoms with Crippen LogP contribution in [0, 0.1) is 24.3 Å². The first-order valence-corrected chi connectivity index (χ1v) is 6.05. The van der Waals surface area contributed by atoms with Crippen LogP contribution in [-0.4, -0.2) is 9.97 Å². The van der Waals surface area contributed by atoms with Gasteiger partial charge in [0.1, 0.15) is 16.3 Å². The molecule has 106 valence electrons. The number of nitrogens with one attached hydrogen (secondary N) is 1. The third-order valence-corrected chi connectivity index (χ3v) is 3.23. The number of aromatic amines is 1. The van der Waals surface area contributed by atoms with E-state index in [9.17, 15) is 17.6 Å². The fourth-order valence-electron chi connectivity index (χ4n) is 1.83. The molecule has 0 saturated carbocycles. The molecule has 0 atom stereocenters. The minimum absolute atomic E-state index is 0.216. The van der Waals surface area contributed by atoms with E-state index in [1.165, 1.54) is 6.07 Å². The van der Waals surface area contributed by atoms with Gasteiger partial charge in [-0.3, -0.25) is 0 Å². The maximum atomic E-state index is 13.3. The van der Waals surface area contributed by atoms with Crippen LogP contribution in [-0.2, 0) is 6.18 Å². The average molecular weight is 302 g/mol. The van der Waals surface area contributed by atoms with Crippen molar-refractivity contribution in [1.29, 1.82) is 0 Å². The maximum Gasteiger partial charge on any atom is 0.419 e. The molecule has 1 N–H and O–H groups in total. The number of aromatic nitrogens is 2. The minimum atomic E-state index is -4.74. The first-order valence-electron chi connectivity index (χ1n) is 5.65. The Morgan fingerprint density at radius 3 is 2.45 bits per heavy atom. The molecular formula is C13H10F4N2S. The molecule has 0 bridgehead atoms. The van der Waals surface area contributed by atoms with Gasteiger partial charge in [-0.1, -0.05) is 12.2 Å². The third kappa shape index (κ3) is 2.72. The van der Waals surface area contributed by atoms with Gasteiger partial charge in [-0.15, -0.1) is 0 Å². The Bertz CT molecular complexity index is 719. The number of aryl methyl sites for hydroxylation is 1. The molecule has 0 fully saturated rings. The number of halogens is 4. The van der Waals surface area contributed by atoms with Crippen molar-refractivity contribution in [3.8, 4) is 11.3 Å². The van der Waals surface area contributed by atoms with Gasteiger partial charge in [0.2, 0.25) is 0 Å². The molecule has 20 heavy (non-hydrogen) atoms. The number of alkyl halides is 3. The molecule has 0 unspecified atom stereocenters. The van der Waals surface area contributed by atoms with E-state index in [4.69, 9.17) is 12.2 Å². The Hall–Kier alpha value is -1.76. The summed E-state index contributed by atoms with van der Waals surface area (Å²) >= 11 is 5.03. The van der Waals surface area contributed by atoms with E-state index in [1.807, 2.05) is 0 Å². The molecule has 1 heterocycles. The van der Waals surface area contributed by atoms with Crippen LogP contribution < -0.4 is 0 Å². The SMILES string of the molecule is Cc1nc(=S)c(C)c(-c2ccc(F)c(C(F)(F)F)c2)[nH]1. The Morgan fingerprint density at radius 1 is 1.20 bits per heavy atom. The molecule has 7 heteroatoms. The van der Waals surface area contributed by atoms with Gasteiger partial charge in [-0.25, -0.2) is 9.37 Å². The van der Waals surface area contributed by atoms with Crippen LogP contribution in [0.3, 0.4) is 0 Å². The molecule has 2 rings (SSSR count). The molecule has 0 aliphatic heterocycles. The number of nitrogens with zero attached hydrogens (tertiary/aromatic N) is 1. The number of hydrogen-bond donors (Lipinski definition) is 1. The summed E-state index contributed by atoms with van der Waals surface area (Å²) in [5.74, 6) is -0.822. The monoisotopic (exact) mass is 302 g/mol. The fourth-order valence-corrected chi connectivity index (χ4v) is 2.07. The van der Waals surface area contributed by atoms with Crippen LogP contribution in [0.15, 0.2) is 18.2 Å². The summed E-state index contributed by atoms with van der Waals surface area (Å²) < 4.78 is 51.7. The lowest BCUT2D eigenvalue weighted by Crippen LogP contribution is -2.08. The quantitative estimate of drug-likeness (QED) is 0.617. The smallest absolute Gasteiger partial charge is 0.343 e. The largest absolute Gasteiger partial charge is 0.419 e. The molecule has 0 radical (unpaired) electrons. The van der Waals surface area contributed by atoms with E-state index in [0.717, 1.165) is 12.1 Å². The van der Waals surface area contributed by atoms with Crippen LogP contribution in [0.4, 0.5) is 17.6 Å². The van der Waals surface area contributed by atoms with Crippen molar-refractivity contribution in [2.75, 3.05) is 0 Å². The first kappa shape index (κ1) is 14.6. The number of rotatable bonds is 1. The number of benzene rings is 1. The van der Waals surface area contributed by atoms with Gasteiger partial charge in [-0.2, -0.15) is 13.2 Å². The van der Waals surface area contributed by atoms with Crippen molar-refractivity contribution in [2.24, 2.45) is 0 Å². The minimum Gasteiger partial charge on any atom is -0.343 e. The Balaban J connectivity index is 2.69. The number of hydrogen-bond acceptors (Lipinski definition) is 2. The normalized spacial score (nSPS) is 11.7. The number of H-pyrrole nitrogens is 1. The summed E-state index contributed by atoms with van der Waals surface area (Å²) in [6, 6.07) is 2.84. The molecule has 0 aliphatic rings. The van der Waals surface area contributed by atoms with Gasteiger partial charge in [0.25, 0.3) is 0 Å². The van der Waals surface area contributed by atoms with Crippen LogP contribution in [0.2, 0.25) is 0 Å². The predicted octanol–water partition coefficient (Wildman–Crippen LogP) is 4.58. The maximum absolute atomic E-state index is 13.3. The molecule has 0 amide bonds. The Labute approximate surface area is 117 Å². The summed E-state index contributed by atoms with van der Waals surface area (Å²) in [5.41, 5.74) is -0.130. The summed E-state index contributed by atoms with van der Waals surface area (Å²) in [6.07, 6.45) is -4.74. The third-order valence-electron chi connectivity index (χ3n) is 2.83. The van der Waals surface area contributed by atoms with E-state index in [0.29, 0.717) is 21.7 Å². The lowest BCUT2D eigenvalue weighted by Gasteiger charge is -2.12. The Morgan fingerprint density at radius 2 is 1.85 bits per heavy atom. The molecule has 1 aromatic carbocycles. The summed E-state index contributed by atoms with van der Waals surface area (Å²) in [6.45, 7) is 3.30. The van der Waals surface area contributed by atoms with Gasteiger partial charge in [-0.05, 0) is 37.6 Å². The second-order valence-electron chi connectivity index (χ2n) is 4.32. The van der Waals surface area contributed by atoms with Crippen molar-refractivity contribution in [3.05, 3.63) is 45.6 Å². The molecule has 2 aromatic rings. The summed E-state index contributed by atoms with van der Waals surface area (Å²) in [7, 11) is 0. The highest BCUT2D eigenvalue weighted by Gasteiger charge is 2.34. The van der Waals surface area contributed by atoms with E-state index < -0.39 is 17.6 Å². The van der Waals surface area contributed by atoms with E-state index in [1.54, 1.807) is 13.8 Å². The zero-order chi connectivity index (χ0) is 15.1. The predicted molar refractivity (Wildman–Crippen MR) is 69.3 cm³/mol. The standard InChI is InChI=1S/C13H10F4N2S/c1-6-11(18-7(2)19-12(6)20)8-3-4-10(14)9(5-8)13(15,16)17/h3-5H,1-2H3,(H,18,19,20). The Kier molecular flexibility index (Phi) is 3.64. The van der Waals surface area contributed by atoms with Gasteiger partial charge >= 0.3 is 6.18 Å². The van der Waals surface area contributed by atoms with Crippen molar-refractivity contribution in [2.45, 2.75) is 20.0 Å². The highest BCUT2D eigenvalue weighted by molar-refractivity contribution is 7.71.